The van der Waals surface area contributed by atoms with Crippen LogP contribution in [0.5, 0.6) is 0 Å². The minimum Gasteiger partial charge on any atom is -0.339 e. The summed E-state index contributed by atoms with van der Waals surface area (Å²) in [4.78, 5) is 23.5. The smallest absolute Gasteiger partial charge is 0.256 e. The van der Waals surface area contributed by atoms with Crippen LogP contribution in [0.4, 0.5) is 0 Å². The number of likely N-dealkylation sites (tertiary alicyclic amines) is 1. The highest BCUT2D eigenvalue weighted by molar-refractivity contribution is 7.98. The van der Waals surface area contributed by atoms with Gasteiger partial charge in [-0.05, 0) is 50.0 Å². The summed E-state index contributed by atoms with van der Waals surface area (Å²) < 4.78 is 5.34. The van der Waals surface area contributed by atoms with Crippen molar-refractivity contribution in [3.05, 3.63) is 35.6 Å². The van der Waals surface area contributed by atoms with Gasteiger partial charge in [0, 0.05) is 31.6 Å². The molecule has 2 aliphatic rings. The average molecular weight is 358 g/mol. The van der Waals surface area contributed by atoms with Crippen LogP contribution in [0.1, 0.15) is 53.7 Å². The van der Waals surface area contributed by atoms with E-state index in [9.17, 15) is 4.79 Å². The summed E-state index contributed by atoms with van der Waals surface area (Å²) in [6.45, 7) is 1.55. The number of hydrogen-bond donors (Lipinski definition) is 0. The number of aromatic nitrogens is 3. The minimum absolute atomic E-state index is 0.0893. The number of thioether (sulfide) groups is 1. The Labute approximate surface area is 151 Å². The largest absolute Gasteiger partial charge is 0.339 e. The third-order valence-electron chi connectivity index (χ3n) is 4.98. The number of amides is 1. The lowest BCUT2D eigenvalue weighted by Gasteiger charge is -2.31. The van der Waals surface area contributed by atoms with Gasteiger partial charge >= 0.3 is 0 Å². The van der Waals surface area contributed by atoms with Crippen molar-refractivity contribution >= 4 is 17.7 Å². The number of carbonyl (C=O) groups is 1. The van der Waals surface area contributed by atoms with Crippen LogP contribution >= 0.6 is 11.8 Å². The van der Waals surface area contributed by atoms with Crippen LogP contribution in [0.25, 0.3) is 0 Å². The van der Waals surface area contributed by atoms with Gasteiger partial charge in [0.25, 0.3) is 5.91 Å². The maximum atomic E-state index is 12.8. The maximum absolute atomic E-state index is 12.8. The zero-order valence-electron chi connectivity index (χ0n) is 14.4. The quantitative estimate of drug-likeness (QED) is 0.765. The second-order valence-electron chi connectivity index (χ2n) is 6.82. The van der Waals surface area contributed by atoms with Crippen LogP contribution < -0.4 is 0 Å². The molecule has 0 atom stereocenters. The van der Waals surface area contributed by atoms with Crippen molar-refractivity contribution in [2.24, 2.45) is 5.92 Å². The molecule has 0 aromatic carbocycles. The van der Waals surface area contributed by atoms with E-state index in [1.165, 1.54) is 24.6 Å². The molecule has 2 aromatic heterocycles. The number of pyridine rings is 1. The van der Waals surface area contributed by atoms with Gasteiger partial charge < -0.3 is 9.42 Å². The zero-order chi connectivity index (χ0) is 17.2. The molecule has 1 aliphatic heterocycles. The molecule has 6 nitrogen and oxygen atoms in total. The Balaban J connectivity index is 1.33. The van der Waals surface area contributed by atoms with E-state index >= 15 is 0 Å². The van der Waals surface area contributed by atoms with E-state index in [1.807, 2.05) is 23.3 Å². The second-order valence-corrected chi connectivity index (χ2v) is 7.62. The molecule has 25 heavy (non-hydrogen) atoms. The number of piperidine rings is 1. The van der Waals surface area contributed by atoms with Crippen LogP contribution in [0, 0.1) is 5.92 Å². The molecule has 0 bridgehead atoms. The molecule has 3 heterocycles. The third kappa shape index (κ3) is 3.71. The van der Waals surface area contributed by atoms with E-state index in [4.69, 9.17) is 4.52 Å². The van der Waals surface area contributed by atoms with Crippen molar-refractivity contribution in [3.8, 4) is 0 Å². The summed E-state index contributed by atoms with van der Waals surface area (Å²) in [5, 5.41) is 4.92. The van der Waals surface area contributed by atoms with Crippen LogP contribution in [-0.4, -0.2) is 45.3 Å². The Morgan fingerprint density at radius 3 is 2.84 bits per heavy atom. The van der Waals surface area contributed by atoms with Crippen LogP contribution in [-0.2, 0) is 6.42 Å². The molecule has 2 aromatic rings. The molecule has 7 heteroatoms. The third-order valence-corrected chi connectivity index (χ3v) is 5.69. The Morgan fingerprint density at radius 2 is 2.12 bits per heavy atom. The molecule has 0 radical (unpaired) electrons. The second kappa shape index (κ2) is 7.15. The van der Waals surface area contributed by atoms with Crippen molar-refractivity contribution in [2.75, 3.05) is 19.3 Å². The molecule has 0 spiro atoms. The molecular weight excluding hydrogens is 336 g/mol. The number of carbonyl (C=O) groups excluding carboxylic acids is 1. The molecule has 1 aliphatic carbocycles. The van der Waals surface area contributed by atoms with Gasteiger partial charge in [0.1, 0.15) is 5.03 Å². The standard InChI is InChI=1S/C18H22N4O2S/c1-25-17-14(3-2-8-19-17)18(23)22-9-6-12(7-10-22)11-15-20-16(24-21-15)13-4-5-13/h2-3,8,12-13H,4-7,9-11H2,1H3. The topological polar surface area (TPSA) is 72.1 Å². The van der Waals surface area contributed by atoms with Crippen molar-refractivity contribution in [3.63, 3.8) is 0 Å². The van der Waals surface area contributed by atoms with Crippen molar-refractivity contribution in [1.82, 2.24) is 20.0 Å². The normalized spacial score (nSPS) is 18.5. The van der Waals surface area contributed by atoms with E-state index in [2.05, 4.69) is 15.1 Å². The minimum atomic E-state index is 0.0893. The highest BCUT2D eigenvalue weighted by Crippen LogP contribution is 2.39. The molecule has 132 valence electrons. The van der Waals surface area contributed by atoms with Crippen molar-refractivity contribution < 1.29 is 9.32 Å². The zero-order valence-corrected chi connectivity index (χ0v) is 15.2. The number of hydrogen-bond acceptors (Lipinski definition) is 6. The fraction of sp³-hybridized carbons (Fsp3) is 0.556. The molecular formula is C18H22N4O2S. The van der Waals surface area contributed by atoms with Crippen LogP contribution in [0.2, 0.25) is 0 Å². The Kier molecular flexibility index (Phi) is 4.74. The first-order valence-electron chi connectivity index (χ1n) is 8.85. The average Bonchev–Trinajstić information content (AvgIpc) is 3.41. The van der Waals surface area contributed by atoms with E-state index < -0.39 is 0 Å². The van der Waals surface area contributed by atoms with Gasteiger partial charge in [0.15, 0.2) is 5.82 Å². The van der Waals surface area contributed by atoms with Crippen molar-refractivity contribution in [2.45, 2.75) is 43.0 Å². The predicted octanol–water partition coefficient (Wildman–Crippen LogP) is 3.16. The lowest BCUT2D eigenvalue weighted by molar-refractivity contribution is 0.0685. The first kappa shape index (κ1) is 16.6. The van der Waals surface area contributed by atoms with E-state index in [0.717, 1.165) is 49.1 Å². The fourth-order valence-corrected chi connectivity index (χ4v) is 3.87. The Morgan fingerprint density at radius 1 is 1.32 bits per heavy atom. The number of rotatable bonds is 5. The van der Waals surface area contributed by atoms with Gasteiger partial charge in [-0.2, -0.15) is 4.98 Å². The van der Waals surface area contributed by atoms with Crippen molar-refractivity contribution in [1.29, 1.82) is 0 Å². The summed E-state index contributed by atoms with van der Waals surface area (Å²) in [6.07, 6.45) is 8.84. The molecule has 4 rings (SSSR count). The molecule has 1 saturated carbocycles. The lowest BCUT2D eigenvalue weighted by atomic mass is 9.93. The highest BCUT2D eigenvalue weighted by atomic mass is 32.2. The Hall–Kier alpha value is -1.89. The fourth-order valence-electron chi connectivity index (χ4n) is 3.33. The van der Waals surface area contributed by atoms with E-state index in [0.29, 0.717) is 17.4 Å². The number of nitrogens with zero attached hydrogens (tertiary/aromatic N) is 4. The van der Waals surface area contributed by atoms with E-state index in [1.54, 1.807) is 6.20 Å². The molecule has 0 N–H and O–H groups in total. The lowest BCUT2D eigenvalue weighted by Crippen LogP contribution is -2.39. The summed E-state index contributed by atoms with van der Waals surface area (Å²) in [5.74, 6) is 2.74. The van der Waals surface area contributed by atoms with Gasteiger partial charge in [0.05, 0.1) is 5.56 Å². The first-order chi connectivity index (χ1) is 12.2. The molecule has 2 fully saturated rings. The monoisotopic (exact) mass is 358 g/mol. The van der Waals surface area contributed by atoms with Gasteiger partial charge in [-0.25, -0.2) is 4.98 Å². The molecule has 1 amide bonds. The molecule has 1 saturated heterocycles. The van der Waals surface area contributed by atoms with Gasteiger partial charge in [-0.3, -0.25) is 4.79 Å². The predicted molar refractivity (Wildman–Crippen MR) is 94.6 cm³/mol. The van der Waals surface area contributed by atoms with Gasteiger partial charge in [-0.1, -0.05) is 5.16 Å². The van der Waals surface area contributed by atoms with Gasteiger partial charge in [-0.15, -0.1) is 11.8 Å². The SMILES string of the molecule is CSc1ncccc1C(=O)N1CCC(Cc2noc(C3CC3)n2)CC1. The van der Waals surface area contributed by atoms with E-state index in [-0.39, 0.29) is 5.91 Å². The summed E-state index contributed by atoms with van der Waals surface area (Å²) in [5.41, 5.74) is 0.709. The Bertz CT molecular complexity index is 751. The van der Waals surface area contributed by atoms with Gasteiger partial charge in [0.2, 0.25) is 5.89 Å². The summed E-state index contributed by atoms with van der Waals surface area (Å²) in [7, 11) is 0. The first-order valence-corrected chi connectivity index (χ1v) is 10.1. The maximum Gasteiger partial charge on any atom is 0.256 e. The van der Waals surface area contributed by atoms with Crippen LogP contribution in [0.3, 0.4) is 0 Å². The van der Waals surface area contributed by atoms with Crippen LogP contribution in [0.15, 0.2) is 27.9 Å². The molecule has 0 unspecified atom stereocenters. The summed E-state index contributed by atoms with van der Waals surface area (Å²) >= 11 is 1.51. The highest BCUT2D eigenvalue weighted by Gasteiger charge is 2.31. The summed E-state index contributed by atoms with van der Waals surface area (Å²) in [6, 6.07) is 3.69.